The quantitative estimate of drug-likeness (QED) is 0.811. The lowest BCUT2D eigenvalue weighted by Crippen LogP contribution is -2.51. The molecular weight excluding hydrogens is 328 g/mol. The van der Waals surface area contributed by atoms with Crippen molar-refractivity contribution in [3.63, 3.8) is 0 Å². The number of carbonyl (C=O) groups is 2. The van der Waals surface area contributed by atoms with Gasteiger partial charge in [-0.1, -0.05) is 19.9 Å². The van der Waals surface area contributed by atoms with E-state index in [1.807, 2.05) is 30.6 Å². The molecule has 5 heteroatoms. The number of rotatable bonds is 5. The van der Waals surface area contributed by atoms with E-state index in [1.54, 1.807) is 7.11 Å². The van der Waals surface area contributed by atoms with Gasteiger partial charge in [0.1, 0.15) is 5.75 Å². The van der Waals surface area contributed by atoms with Crippen molar-refractivity contribution in [2.24, 2.45) is 5.92 Å². The lowest BCUT2D eigenvalue weighted by molar-refractivity contribution is -0.139. The van der Waals surface area contributed by atoms with Crippen molar-refractivity contribution in [3.8, 4) is 5.75 Å². The second kappa shape index (κ2) is 8.56. The third kappa shape index (κ3) is 4.57. The van der Waals surface area contributed by atoms with E-state index in [4.69, 9.17) is 4.74 Å². The van der Waals surface area contributed by atoms with Crippen LogP contribution in [0.2, 0.25) is 0 Å². The van der Waals surface area contributed by atoms with Crippen LogP contribution in [-0.2, 0) is 16.0 Å². The Morgan fingerprint density at radius 1 is 1.00 bits per heavy atom. The zero-order valence-corrected chi connectivity index (χ0v) is 17.0. The molecule has 1 heterocycles. The third-order valence-corrected chi connectivity index (χ3v) is 5.25. The van der Waals surface area contributed by atoms with Gasteiger partial charge in [0.05, 0.1) is 13.5 Å². The average molecular weight is 360 g/mol. The molecule has 26 heavy (non-hydrogen) atoms. The summed E-state index contributed by atoms with van der Waals surface area (Å²) in [5.74, 6) is 1.60. The van der Waals surface area contributed by atoms with Crippen molar-refractivity contribution in [1.29, 1.82) is 0 Å². The van der Waals surface area contributed by atoms with Crippen molar-refractivity contribution in [3.05, 3.63) is 28.3 Å². The molecule has 5 nitrogen and oxygen atoms in total. The summed E-state index contributed by atoms with van der Waals surface area (Å²) in [4.78, 5) is 28.7. The predicted octanol–water partition coefficient (Wildman–Crippen LogP) is 2.88. The monoisotopic (exact) mass is 360 g/mol. The first-order valence-electron chi connectivity index (χ1n) is 9.43. The Labute approximate surface area is 157 Å². The van der Waals surface area contributed by atoms with Gasteiger partial charge in [0.25, 0.3) is 0 Å². The zero-order chi connectivity index (χ0) is 19.4. The Morgan fingerprint density at radius 2 is 1.54 bits per heavy atom. The second-order valence-corrected chi connectivity index (χ2v) is 7.67. The molecule has 144 valence electrons. The molecule has 1 aromatic carbocycles. The Kier molecular flexibility index (Phi) is 6.68. The Bertz CT molecular complexity index is 674. The molecule has 1 aliphatic rings. The number of nitrogens with zero attached hydrogens (tertiary/aromatic N) is 2. The van der Waals surface area contributed by atoms with E-state index >= 15 is 0 Å². The summed E-state index contributed by atoms with van der Waals surface area (Å²) >= 11 is 0. The highest BCUT2D eigenvalue weighted by Gasteiger charge is 2.25. The zero-order valence-electron chi connectivity index (χ0n) is 17.0. The first kappa shape index (κ1) is 20.3. The van der Waals surface area contributed by atoms with Crippen molar-refractivity contribution in [2.45, 2.75) is 47.5 Å². The van der Waals surface area contributed by atoms with E-state index in [0.717, 1.165) is 28.0 Å². The molecule has 0 radical (unpaired) electrons. The standard InChI is InChI=1S/C21H32N2O3/c1-14(2)11-19(24)22-7-9-23(10-8-22)20(25)13-18-12-15(3)21(26-6)17(5)16(18)4/h12,14H,7-11,13H2,1-6H3. The lowest BCUT2D eigenvalue weighted by atomic mass is 9.96. The molecule has 0 atom stereocenters. The summed E-state index contributed by atoms with van der Waals surface area (Å²) < 4.78 is 5.46. The summed E-state index contributed by atoms with van der Waals surface area (Å²) in [6.45, 7) is 12.7. The minimum absolute atomic E-state index is 0.132. The van der Waals surface area contributed by atoms with E-state index in [0.29, 0.717) is 44.9 Å². The summed E-state index contributed by atoms with van der Waals surface area (Å²) in [6, 6.07) is 2.06. The van der Waals surface area contributed by atoms with Crippen LogP contribution in [0.3, 0.4) is 0 Å². The van der Waals surface area contributed by atoms with E-state index < -0.39 is 0 Å². The van der Waals surface area contributed by atoms with Gasteiger partial charge in [-0.25, -0.2) is 0 Å². The van der Waals surface area contributed by atoms with Gasteiger partial charge < -0.3 is 14.5 Å². The van der Waals surface area contributed by atoms with Crippen LogP contribution in [0.5, 0.6) is 5.75 Å². The van der Waals surface area contributed by atoms with E-state index in [9.17, 15) is 9.59 Å². The molecule has 0 spiro atoms. The molecule has 0 N–H and O–H groups in total. The van der Waals surface area contributed by atoms with Gasteiger partial charge in [0, 0.05) is 32.6 Å². The SMILES string of the molecule is COc1c(C)cc(CC(=O)N2CCN(C(=O)CC(C)C)CC2)c(C)c1C. The van der Waals surface area contributed by atoms with E-state index in [2.05, 4.69) is 19.9 Å². The molecule has 1 aliphatic heterocycles. The average Bonchev–Trinajstić information content (AvgIpc) is 2.59. The number of carbonyl (C=O) groups excluding carboxylic acids is 2. The smallest absolute Gasteiger partial charge is 0.227 e. The van der Waals surface area contributed by atoms with Crippen molar-refractivity contribution in [1.82, 2.24) is 9.80 Å². The topological polar surface area (TPSA) is 49.9 Å². The van der Waals surface area contributed by atoms with Gasteiger partial charge in [-0.05, 0) is 48.9 Å². The molecule has 2 rings (SSSR count). The summed E-state index contributed by atoms with van der Waals surface area (Å²) in [5, 5.41) is 0. The number of ether oxygens (including phenoxy) is 1. The van der Waals surface area contributed by atoms with Gasteiger partial charge in [-0.15, -0.1) is 0 Å². The second-order valence-electron chi connectivity index (χ2n) is 7.67. The van der Waals surface area contributed by atoms with Crippen LogP contribution in [0.4, 0.5) is 0 Å². The maximum absolute atomic E-state index is 12.7. The lowest BCUT2D eigenvalue weighted by Gasteiger charge is -2.35. The maximum atomic E-state index is 12.7. The maximum Gasteiger partial charge on any atom is 0.227 e. The Morgan fingerprint density at radius 3 is 2.04 bits per heavy atom. The van der Waals surface area contributed by atoms with Gasteiger partial charge >= 0.3 is 0 Å². The molecule has 1 aromatic rings. The minimum Gasteiger partial charge on any atom is -0.496 e. The van der Waals surface area contributed by atoms with Gasteiger partial charge in [0.15, 0.2) is 0 Å². The predicted molar refractivity (Wildman–Crippen MR) is 104 cm³/mol. The normalized spacial score (nSPS) is 14.7. The van der Waals surface area contributed by atoms with Crippen LogP contribution < -0.4 is 4.74 Å². The van der Waals surface area contributed by atoms with Crippen LogP contribution in [-0.4, -0.2) is 54.9 Å². The molecule has 1 saturated heterocycles. The van der Waals surface area contributed by atoms with Crippen molar-refractivity contribution in [2.75, 3.05) is 33.3 Å². The number of hydrogen-bond donors (Lipinski definition) is 0. The van der Waals surface area contributed by atoms with Gasteiger partial charge in [-0.3, -0.25) is 9.59 Å². The van der Waals surface area contributed by atoms with Gasteiger partial charge in [-0.2, -0.15) is 0 Å². The summed E-state index contributed by atoms with van der Waals surface area (Å²) in [7, 11) is 1.68. The fourth-order valence-electron chi connectivity index (χ4n) is 3.60. The van der Waals surface area contributed by atoms with E-state index in [1.165, 1.54) is 0 Å². The number of methoxy groups -OCH3 is 1. The molecule has 0 bridgehead atoms. The van der Waals surface area contributed by atoms with Gasteiger partial charge in [0.2, 0.25) is 11.8 Å². The number of benzene rings is 1. The highest BCUT2D eigenvalue weighted by molar-refractivity contribution is 5.80. The first-order chi connectivity index (χ1) is 12.2. The van der Waals surface area contributed by atoms with E-state index in [-0.39, 0.29) is 11.8 Å². The number of amides is 2. The highest BCUT2D eigenvalue weighted by atomic mass is 16.5. The van der Waals surface area contributed by atoms with Crippen molar-refractivity contribution < 1.29 is 14.3 Å². The molecule has 1 fully saturated rings. The molecule has 2 amide bonds. The Hall–Kier alpha value is -2.04. The minimum atomic E-state index is 0.132. The summed E-state index contributed by atoms with van der Waals surface area (Å²) in [5.41, 5.74) is 4.33. The van der Waals surface area contributed by atoms with Crippen LogP contribution in [0.25, 0.3) is 0 Å². The first-order valence-corrected chi connectivity index (χ1v) is 9.43. The Balaban J connectivity index is 1.99. The van der Waals surface area contributed by atoms with Crippen LogP contribution in [0.15, 0.2) is 6.07 Å². The summed E-state index contributed by atoms with van der Waals surface area (Å²) in [6.07, 6.45) is 0.981. The third-order valence-electron chi connectivity index (χ3n) is 5.25. The molecular formula is C21H32N2O3. The van der Waals surface area contributed by atoms with Crippen molar-refractivity contribution >= 4 is 11.8 Å². The number of piperazine rings is 1. The molecule has 0 unspecified atom stereocenters. The molecule has 0 saturated carbocycles. The van der Waals surface area contributed by atoms with Crippen LogP contribution in [0.1, 0.15) is 42.5 Å². The number of hydrogen-bond acceptors (Lipinski definition) is 3. The molecule has 0 aromatic heterocycles. The van der Waals surface area contributed by atoms with Crippen LogP contribution in [0, 0.1) is 26.7 Å². The largest absolute Gasteiger partial charge is 0.496 e. The van der Waals surface area contributed by atoms with Crippen LogP contribution >= 0.6 is 0 Å². The highest BCUT2D eigenvalue weighted by Crippen LogP contribution is 2.29. The molecule has 0 aliphatic carbocycles. The number of aryl methyl sites for hydroxylation is 1. The fourth-order valence-corrected chi connectivity index (χ4v) is 3.60. The fraction of sp³-hybridized carbons (Fsp3) is 0.619.